The summed E-state index contributed by atoms with van der Waals surface area (Å²) < 4.78 is 0. The van der Waals surface area contributed by atoms with Gasteiger partial charge in [0.25, 0.3) is 0 Å². The van der Waals surface area contributed by atoms with Crippen molar-refractivity contribution in [1.82, 2.24) is 10.3 Å². The average molecular weight is 275 g/mol. The Morgan fingerprint density at radius 1 is 1.40 bits per heavy atom. The Morgan fingerprint density at radius 2 is 2.20 bits per heavy atom. The monoisotopic (exact) mass is 275 g/mol. The lowest BCUT2D eigenvalue weighted by atomic mass is 10.1. The molecule has 0 saturated carbocycles. The smallest absolute Gasteiger partial charge is 0.129 e. The number of nitrogens with one attached hydrogen (secondary N) is 1. The van der Waals surface area contributed by atoms with Crippen LogP contribution in [0.5, 0.6) is 0 Å². The van der Waals surface area contributed by atoms with Gasteiger partial charge in [0.2, 0.25) is 0 Å². The van der Waals surface area contributed by atoms with Crippen LogP contribution in [0, 0.1) is 18.8 Å². The van der Waals surface area contributed by atoms with Crippen LogP contribution in [0.2, 0.25) is 0 Å². The first-order valence-corrected chi connectivity index (χ1v) is 8.01. The molecule has 1 atom stereocenters. The van der Waals surface area contributed by atoms with E-state index in [0.29, 0.717) is 5.92 Å². The first-order chi connectivity index (χ1) is 9.58. The molecule has 2 heterocycles. The minimum Gasteiger partial charge on any atom is -0.356 e. The van der Waals surface area contributed by atoms with Crippen molar-refractivity contribution >= 4 is 5.82 Å². The maximum atomic E-state index is 4.73. The summed E-state index contributed by atoms with van der Waals surface area (Å²) in [6.07, 6.45) is 2.60. The zero-order valence-corrected chi connectivity index (χ0v) is 13.4. The first-order valence-electron chi connectivity index (χ1n) is 8.01. The molecule has 1 aromatic heterocycles. The maximum Gasteiger partial charge on any atom is 0.129 e. The molecule has 1 unspecified atom stereocenters. The number of hydrogen-bond donors (Lipinski definition) is 1. The van der Waals surface area contributed by atoms with Crippen LogP contribution in [0.1, 0.15) is 44.9 Å². The van der Waals surface area contributed by atoms with Crippen LogP contribution in [0.25, 0.3) is 0 Å². The van der Waals surface area contributed by atoms with E-state index in [2.05, 4.69) is 50.0 Å². The highest BCUT2D eigenvalue weighted by Gasteiger charge is 2.22. The molecule has 0 bridgehead atoms. The van der Waals surface area contributed by atoms with Gasteiger partial charge in [0.1, 0.15) is 5.82 Å². The Morgan fingerprint density at radius 3 is 2.85 bits per heavy atom. The van der Waals surface area contributed by atoms with Crippen molar-refractivity contribution in [2.75, 3.05) is 24.5 Å². The van der Waals surface area contributed by atoms with Crippen LogP contribution >= 0.6 is 0 Å². The minimum absolute atomic E-state index is 0.696. The van der Waals surface area contributed by atoms with Gasteiger partial charge in [0.15, 0.2) is 0 Å². The highest BCUT2D eigenvalue weighted by molar-refractivity contribution is 5.43. The van der Waals surface area contributed by atoms with Crippen LogP contribution < -0.4 is 10.2 Å². The third-order valence-electron chi connectivity index (χ3n) is 4.07. The molecule has 3 heteroatoms. The standard InChI is InChI=1S/C17H29N3/c1-5-15-6-7-20(12-15)17-9-16(8-14(4)19-17)11-18-10-13(2)3/h8-9,13,15,18H,5-7,10-12H2,1-4H3. The van der Waals surface area contributed by atoms with Crippen LogP contribution in [-0.4, -0.2) is 24.6 Å². The third kappa shape index (κ3) is 4.20. The fourth-order valence-electron chi connectivity index (χ4n) is 2.86. The Labute approximate surface area is 123 Å². The zero-order valence-electron chi connectivity index (χ0n) is 13.4. The molecule has 1 aromatic rings. The zero-order chi connectivity index (χ0) is 14.5. The summed E-state index contributed by atoms with van der Waals surface area (Å²) in [6, 6.07) is 4.46. The molecule has 0 amide bonds. The summed E-state index contributed by atoms with van der Waals surface area (Å²) in [7, 11) is 0. The lowest BCUT2D eigenvalue weighted by Gasteiger charge is -2.19. The van der Waals surface area contributed by atoms with Gasteiger partial charge in [-0.15, -0.1) is 0 Å². The summed E-state index contributed by atoms with van der Waals surface area (Å²) in [5.41, 5.74) is 2.48. The van der Waals surface area contributed by atoms with Crippen molar-refractivity contribution in [1.29, 1.82) is 0 Å². The van der Waals surface area contributed by atoms with Crippen molar-refractivity contribution in [3.05, 3.63) is 23.4 Å². The fraction of sp³-hybridized carbons (Fsp3) is 0.706. The lowest BCUT2D eigenvalue weighted by molar-refractivity contribution is 0.552. The molecule has 1 aliphatic heterocycles. The molecule has 0 aliphatic carbocycles. The molecule has 20 heavy (non-hydrogen) atoms. The Bertz CT molecular complexity index is 428. The van der Waals surface area contributed by atoms with Crippen molar-refractivity contribution in [2.24, 2.45) is 11.8 Å². The molecule has 1 fully saturated rings. The largest absolute Gasteiger partial charge is 0.356 e. The predicted octanol–water partition coefficient (Wildman–Crippen LogP) is 3.37. The third-order valence-corrected chi connectivity index (χ3v) is 4.07. The summed E-state index contributed by atoms with van der Waals surface area (Å²) in [4.78, 5) is 7.18. The minimum atomic E-state index is 0.696. The van der Waals surface area contributed by atoms with Crippen molar-refractivity contribution in [3.63, 3.8) is 0 Å². The molecule has 0 radical (unpaired) electrons. The second-order valence-corrected chi connectivity index (χ2v) is 6.51. The van der Waals surface area contributed by atoms with E-state index in [1.807, 2.05) is 0 Å². The predicted molar refractivity (Wildman–Crippen MR) is 86.1 cm³/mol. The molecule has 1 aliphatic rings. The quantitative estimate of drug-likeness (QED) is 0.862. The van der Waals surface area contributed by atoms with E-state index < -0.39 is 0 Å². The van der Waals surface area contributed by atoms with Crippen LogP contribution in [0.3, 0.4) is 0 Å². The molecule has 2 rings (SSSR count). The molecule has 1 N–H and O–H groups in total. The molecule has 112 valence electrons. The van der Waals surface area contributed by atoms with Gasteiger partial charge >= 0.3 is 0 Å². The first kappa shape index (κ1) is 15.3. The molecule has 1 saturated heterocycles. The molecule has 3 nitrogen and oxygen atoms in total. The second-order valence-electron chi connectivity index (χ2n) is 6.51. The van der Waals surface area contributed by atoms with Gasteiger partial charge in [0, 0.05) is 25.3 Å². The van der Waals surface area contributed by atoms with E-state index in [1.165, 1.54) is 30.8 Å². The Kier molecular flexibility index (Phi) is 5.41. The second kappa shape index (κ2) is 7.07. The number of aromatic nitrogens is 1. The van der Waals surface area contributed by atoms with Gasteiger partial charge in [0.05, 0.1) is 0 Å². The van der Waals surface area contributed by atoms with Gasteiger partial charge in [-0.3, -0.25) is 0 Å². The van der Waals surface area contributed by atoms with Gasteiger partial charge in [-0.05, 0) is 49.4 Å². The SMILES string of the molecule is CCC1CCN(c2cc(CNCC(C)C)cc(C)n2)C1. The van der Waals surface area contributed by atoms with Crippen LogP contribution in [0.4, 0.5) is 5.82 Å². The van der Waals surface area contributed by atoms with Crippen LogP contribution in [0.15, 0.2) is 12.1 Å². The number of anilines is 1. The van der Waals surface area contributed by atoms with E-state index in [4.69, 9.17) is 4.98 Å². The van der Waals surface area contributed by atoms with E-state index in [1.54, 1.807) is 0 Å². The van der Waals surface area contributed by atoms with Gasteiger partial charge < -0.3 is 10.2 Å². The van der Waals surface area contributed by atoms with Crippen molar-refractivity contribution in [2.45, 2.75) is 47.1 Å². The number of nitrogens with zero attached hydrogens (tertiary/aromatic N) is 2. The molecule has 0 spiro atoms. The topological polar surface area (TPSA) is 28.2 Å². The summed E-state index contributed by atoms with van der Waals surface area (Å²) in [5, 5.41) is 3.52. The summed E-state index contributed by atoms with van der Waals surface area (Å²) in [6.45, 7) is 13.2. The van der Waals surface area contributed by atoms with Gasteiger partial charge in [-0.2, -0.15) is 0 Å². The lowest BCUT2D eigenvalue weighted by Crippen LogP contribution is -2.22. The number of aryl methyl sites for hydroxylation is 1. The molecule has 0 aromatic carbocycles. The highest BCUT2D eigenvalue weighted by Crippen LogP contribution is 2.25. The normalized spacial score (nSPS) is 19.1. The van der Waals surface area contributed by atoms with Crippen molar-refractivity contribution < 1.29 is 0 Å². The van der Waals surface area contributed by atoms with E-state index in [9.17, 15) is 0 Å². The Balaban J connectivity index is 2.01. The van der Waals surface area contributed by atoms with Gasteiger partial charge in [-0.1, -0.05) is 27.2 Å². The Hall–Kier alpha value is -1.09. The van der Waals surface area contributed by atoms with E-state index in [0.717, 1.165) is 31.2 Å². The van der Waals surface area contributed by atoms with Gasteiger partial charge in [-0.25, -0.2) is 4.98 Å². The highest BCUT2D eigenvalue weighted by atomic mass is 15.2. The molecular weight excluding hydrogens is 246 g/mol. The summed E-state index contributed by atoms with van der Waals surface area (Å²) in [5.74, 6) is 2.71. The number of pyridine rings is 1. The van der Waals surface area contributed by atoms with Crippen LogP contribution in [-0.2, 0) is 6.54 Å². The number of hydrogen-bond acceptors (Lipinski definition) is 3. The van der Waals surface area contributed by atoms with E-state index in [-0.39, 0.29) is 0 Å². The summed E-state index contributed by atoms with van der Waals surface area (Å²) >= 11 is 0. The number of rotatable bonds is 6. The van der Waals surface area contributed by atoms with Crippen molar-refractivity contribution in [3.8, 4) is 0 Å². The molecular formula is C17H29N3. The average Bonchev–Trinajstić information content (AvgIpc) is 2.86. The van der Waals surface area contributed by atoms with E-state index >= 15 is 0 Å². The maximum absolute atomic E-state index is 4.73. The fourth-order valence-corrected chi connectivity index (χ4v) is 2.86.